The first kappa shape index (κ1) is 13.8. The van der Waals surface area contributed by atoms with E-state index in [2.05, 4.69) is 34.6 Å². The fourth-order valence-electron chi connectivity index (χ4n) is 2.61. The molecule has 0 atom stereocenters. The van der Waals surface area contributed by atoms with Gasteiger partial charge in [0.1, 0.15) is 5.82 Å². The van der Waals surface area contributed by atoms with Gasteiger partial charge >= 0.3 is 0 Å². The normalized spacial score (nSPS) is 11.1. The van der Waals surface area contributed by atoms with Crippen LogP contribution in [-0.4, -0.2) is 11.5 Å². The molecular formula is C18H19FN2. The molecule has 0 aliphatic rings. The molecule has 0 spiro atoms. The lowest BCUT2D eigenvalue weighted by molar-refractivity contribution is 0.624. The van der Waals surface area contributed by atoms with Crippen LogP contribution in [0.25, 0.3) is 10.9 Å². The Kier molecular flexibility index (Phi) is 4.02. The van der Waals surface area contributed by atoms with E-state index in [1.54, 1.807) is 6.07 Å². The minimum Gasteiger partial charge on any atom is -0.361 e. The van der Waals surface area contributed by atoms with Crippen molar-refractivity contribution in [2.75, 3.05) is 6.54 Å². The average molecular weight is 282 g/mol. The molecule has 0 amide bonds. The number of hydrogen-bond donors (Lipinski definition) is 2. The van der Waals surface area contributed by atoms with Gasteiger partial charge in [0.15, 0.2) is 0 Å². The van der Waals surface area contributed by atoms with Crippen molar-refractivity contribution in [3.8, 4) is 0 Å². The van der Waals surface area contributed by atoms with Gasteiger partial charge < -0.3 is 10.3 Å². The summed E-state index contributed by atoms with van der Waals surface area (Å²) in [6.07, 6.45) is 2.87. The fourth-order valence-corrected chi connectivity index (χ4v) is 2.61. The zero-order valence-electron chi connectivity index (χ0n) is 12.1. The molecule has 0 radical (unpaired) electrons. The van der Waals surface area contributed by atoms with Crippen LogP contribution in [0.2, 0.25) is 0 Å². The molecule has 3 aromatic rings. The van der Waals surface area contributed by atoms with Crippen molar-refractivity contribution < 1.29 is 4.39 Å². The van der Waals surface area contributed by atoms with Crippen LogP contribution in [0.1, 0.15) is 16.7 Å². The Bertz CT molecular complexity index is 746. The lowest BCUT2D eigenvalue weighted by Gasteiger charge is -2.08. The Morgan fingerprint density at radius 2 is 2.00 bits per heavy atom. The standard InChI is InChI=1S/C18H19FN2/c1-13-10-17(19)4-3-15(13)6-8-20-12-14-2-5-18-16(11-14)7-9-21-18/h2-5,7,9-11,20-21H,6,8,12H2,1H3. The van der Waals surface area contributed by atoms with Gasteiger partial charge in [-0.2, -0.15) is 0 Å². The zero-order valence-corrected chi connectivity index (χ0v) is 12.1. The molecule has 3 rings (SSSR count). The maximum absolute atomic E-state index is 13.0. The molecule has 0 saturated carbocycles. The highest BCUT2D eigenvalue weighted by Crippen LogP contribution is 2.14. The minimum absolute atomic E-state index is 0.163. The van der Waals surface area contributed by atoms with Crippen LogP contribution in [0.5, 0.6) is 0 Å². The second-order valence-electron chi connectivity index (χ2n) is 5.40. The lowest BCUT2D eigenvalue weighted by atomic mass is 10.1. The Balaban J connectivity index is 1.53. The SMILES string of the molecule is Cc1cc(F)ccc1CCNCc1ccc2[nH]ccc2c1. The van der Waals surface area contributed by atoms with Crippen molar-refractivity contribution in [2.24, 2.45) is 0 Å². The summed E-state index contributed by atoms with van der Waals surface area (Å²) in [4.78, 5) is 3.20. The Morgan fingerprint density at radius 3 is 2.86 bits per heavy atom. The molecule has 3 heteroatoms. The number of H-pyrrole nitrogens is 1. The van der Waals surface area contributed by atoms with E-state index in [9.17, 15) is 4.39 Å². The first-order valence-corrected chi connectivity index (χ1v) is 7.24. The Morgan fingerprint density at radius 1 is 1.10 bits per heavy atom. The van der Waals surface area contributed by atoms with Gasteiger partial charge in [-0.3, -0.25) is 0 Å². The molecular weight excluding hydrogens is 263 g/mol. The van der Waals surface area contributed by atoms with Crippen molar-refractivity contribution in [3.63, 3.8) is 0 Å². The maximum atomic E-state index is 13.0. The smallest absolute Gasteiger partial charge is 0.123 e. The predicted molar refractivity (Wildman–Crippen MR) is 84.8 cm³/mol. The fraction of sp³-hybridized carbons (Fsp3) is 0.222. The van der Waals surface area contributed by atoms with Gasteiger partial charge in [-0.05, 0) is 72.3 Å². The van der Waals surface area contributed by atoms with Crippen molar-refractivity contribution in [2.45, 2.75) is 19.9 Å². The summed E-state index contributed by atoms with van der Waals surface area (Å²) in [5, 5.41) is 4.68. The predicted octanol–water partition coefficient (Wildman–Crippen LogP) is 3.95. The van der Waals surface area contributed by atoms with E-state index in [0.29, 0.717) is 0 Å². The number of benzene rings is 2. The second kappa shape index (κ2) is 6.10. The van der Waals surface area contributed by atoms with E-state index in [0.717, 1.165) is 25.1 Å². The first-order chi connectivity index (χ1) is 10.2. The monoisotopic (exact) mass is 282 g/mol. The van der Waals surface area contributed by atoms with Crippen molar-refractivity contribution >= 4 is 10.9 Å². The molecule has 1 aromatic heterocycles. The summed E-state index contributed by atoms with van der Waals surface area (Å²) in [5.41, 5.74) is 4.66. The minimum atomic E-state index is -0.163. The van der Waals surface area contributed by atoms with Gasteiger partial charge in [-0.15, -0.1) is 0 Å². The Labute approximate surface area is 124 Å². The largest absolute Gasteiger partial charge is 0.361 e. The van der Waals surface area contributed by atoms with Gasteiger partial charge in [0, 0.05) is 18.3 Å². The number of nitrogens with one attached hydrogen (secondary N) is 2. The molecule has 0 bridgehead atoms. The summed E-state index contributed by atoms with van der Waals surface area (Å²) >= 11 is 0. The lowest BCUT2D eigenvalue weighted by Crippen LogP contribution is -2.17. The number of fused-ring (bicyclic) bond motifs is 1. The molecule has 2 aromatic carbocycles. The summed E-state index contributed by atoms with van der Waals surface area (Å²) < 4.78 is 13.0. The number of halogens is 1. The number of aromatic nitrogens is 1. The van der Waals surface area contributed by atoms with Crippen molar-refractivity contribution in [1.29, 1.82) is 0 Å². The van der Waals surface area contributed by atoms with Crippen molar-refractivity contribution in [1.82, 2.24) is 10.3 Å². The van der Waals surface area contributed by atoms with E-state index in [1.807, 2.05) is 19.2 Å². The number of aromatic amines is 1. The van der Waals surface area contributed by atoms with Crippen molar-refractivity contribution in [3.05, 3.63) is 71.2 Å². The van der Waals surface area contributed by atoms with E-state index < -0.39 is 0 Å². The third kappa shape index (κ3) is 3.31. The van der Waals surface area contributed by atoms with Crippen LogP contribution in [0.15, 0.2) is 48.7 Å². The third-order valence-electron chi connectivity index (χ3n) is 3.82. The molecule has 2 N–H and O–H groups in total. The molecule has 0 unspecified atom stereocenters. The van der Waals surface area contributed by atoms with Gasteiger partial charge in [-0.25, -0.2) is 4.39 Å². The average Bonchev–Trinajstić information content (AvgIpc) is 2.93. The molecule has 0 aliphatic heterocycles. The molecule has 0 aliphatic carbocycles. The van der Waals surface area contributed by atoms with Gasteiger partial charge in [0.25, 0.3) is 0 Å². The van der Waals surface area contributed by atoms with Crippen LogP contribution < -0.4 is 5.32 Å². The molecule has 0 saturated heterocycles. The van der Waals surface area contributed by atoms with E-state index in [4.69, 9.17) is 0 Å². The molecule has 2 nitrogen and oxygen atoms in total. The third-order valence-corrected chi connectivity index (χ3v) is 3.82. The zero-order chi connectivity index (χ0) is 14.7. The number of rotatable bonds is 5. The topological polar surface area (TPSA) is 27.8 Å². The van der Waals surface area contributed by atoms with Crippen LogP contribution in [-0.2, 0) is 13.0 Å². The molecule has 0 fully saturated rings. The van der Waals surface area contributed by atoms with E-state index in [1.165, 1.54) is 28.1 Å². The van der Waals surface area contributed by atoms with Crippen LogP contribution in [0.3, 0.4) is 0 Å². The number of hydrogen-bond acceptors (Lipinski definition) is 1. The van der Waals surface area contributed by atoms with Crippen LogP contribution in [0.4, 0.5) is 4.39 Å². The van der Waals surface area contributed by atoms with Crippen LogP contribution in [0, 0.1) is 12.7 Å². The van der Waals surface area contributed by atoms with E-state index >= 15 is 0 Å². The molecule has 108 valence electrons. The summed E-state index contributed by atoms with van der Waals surface area (Å²) in [6.45, 7) is 3.69. The summed E-state index contributed by atoms with van der Waals surface area (Å²) in [5.74, 6) is -0.163. The second-order valence-corrected chi connectivity index (χ2v) is 5.40. The van der Waals surface area contributed by atoms with Gasteiger partial charge in [-0.1, -0.05) is 12.1 Å². The quantitative estimate of drug-likeness (QED) is 0.681. The summed E-state index contributed by atoms with van der Waals surface area (Å²) in [6, 6.07) is 13.5. The molecule has 21 heavy (non-hydrogen) atoms. The number of aryl methyl sites for hydroxylation is 1. The molecule has 1 heterocycles. The van der Waals surface area contributed by atoms with E-state index in [-0.39, 0.29) is 5.82 Å². The maximum Gasteiger partial charge on any atom is 0.123 e. The highest BCUT2D eigenvalue weighted by atomic mass is 19.1. The van der Waals surface area contributed by atoms with Gasteiger partial charge in [0.05, 0.1) is 0 Å². The highest BCUT2D eigenvalue weighted by molar-refractivity contribution is 5.79. The summed E-state index contributed by atoms with van der Waals surface area (Å²) in [7, 11) is 0. The first-order valence-electron chi connectivity index (χ1n) is 7.24. The van der Waals surface area contributed by atoms with Crippen LogP contribution >= 0.6 is 0 Å². The Hall–Kier alpha value is -2.13. The van der Waals surface area contributed by atoms with Gasteiger partial charge in [0.2, 0.25) is 0 Å². The highest BCUT2D eigenvalue weighted by Gasteiger charge is 2.01.